The molecule has 2 N–H and O–H groups in total. The summed E-state index contributed by atoms with van der Waals surface area (Å²) in [5.41, 5.74) is 4.00. The largest absolute Gasteiger partial charge is 0.433 e. The van der Waals surface area contributed by atoms with Crippen molar-refractivity contribution in [2.75, 3.05) is 0 Å². The van der Waals surface area contributed by atoms with Gasteiger partial charge in [0.1, 0.15) is 11.7 Å². The number of primary amides is 1. The molecule has 0 aromatic carbocycles. The van der Waals surface area contributed by atoms with Crippen LogP contribution in [-0.4, -0.2) is 33.8 Å². The number of alkyl halides is 3. The van der Waals surface area contributed by atoms with Crippen LogP contribution in [0.3, 0.4) is 0 Å². The van der Waals surface area contributed by atoms with Crippen LogP contribution in [0.15, 0.2) is 18.3 Å². The topological polar surface area (TPSA) is 76.3 Å². The third-order valence-electron chi connectivity index (χ3n) is 3.96. The van der Waals surface area contributed by atoms with Crippen molar-refractivity contribution < 1.29 is 22.8 Å². The molecule has 21 heavy (non-hydrogen) atoms. The van der Waals surface area contributed by atoms with E-state index in [1.165, 1.54) is 11.0 Å². The van der Waals surface area contributed by atoms with Crippen molar-refractivity contribution in [3.8, 4) is 0 Å². The molecule has 112 valence electrons. The number of likely N-dealkylation sites (tertiary alicyclic amines) is 1. The van der Waals surface area contributed by atoms with Gasteiger partial charge >= 0.3 is 6.18 Å². The molecule has 0 radical (unpaired) electrons. The third kappa shape index (κ3) is 2.34. The van der Waals surface area contributed by atoms with Gasteiger partial charge in [0.05, 0.1) is 0 Å². The van der Waals surface area contributed by atoms with E-state index in [9.17, 15) is 22.8 Å². The Morgan fingerprint density at radius 2 is 2.05 bits per heavy atom. The lowest BCUT2D eigenvalue weighted by Crippen LogP contribution is -2.46. The van der Waals surface area contributed by atoms with Gasteiger partial charge in [0, 0.05) is 17.8 Å². The Kier molecular flexibility index (Phi) is 2.93. The van der Waals surface area contributed by atoms with Crippen molar-refractivity contribution in [1.82, 2.24) is 9.88 Å². The van der Waals surface area contributed by atoms with Crippen LogP contribution in [0.1, 0.15) is 28.9 Å². The van der Waals surface area contributed by atoms with Gasteiger partial charge in [-0.05, 0) is 30.9 Å². The molecule has 3 unspecified atom stereocenters. The van der Waals surface area contributed by atoms with Crippen molar-refractivity contribution >= 4 is 11.8 Å². The Balaban J connectivity index is 1.90. The van der Waals surface area contributed by atoms with Gasteiger partial charge in [-0.3, -0.25) is 14.6 Å². The first-order chi connectivity index (χ1) is 9.79. The maximum atomic E-state index is 12.6. The lowest BCUT2D eigenvalue weighted by Gasteiger charge is -2.25. The first-order valence-electron chi connectivity index (χ1n) is 6.44. The van der Waals surface area contributed by atoms with Gasteiger partial charge in [0.25, 0.3) is 5.91 Å². The summed E-state index contributed by atoms with van der Waals surface area (Å²) in [5.74, 6) is -0.993. The second-order valence-corrected chi connectivity index (χ2v) is 5.36. The van der Waals surface area contributed by atoms with Gasteiger partial charge < -0.3 is 10.6 Å². The molecular weight excluding hydrogens is 287 g/mol. The van der Waals surface area contributed by atoms with Crippen molar-refractivity contribution in [3.63, 3.8) is 0 Å². The minimum absolute atomic E-state index is 0.0856. The fourth-order valence-electron chi connectivity index (χ4n) is 2.87. The van der Waals surface area contributed by atoms with Crippen LogP contribution >= 0.6 is 0 Å². The molecule has 0 bridgehead atoms. The highest BCUT2D eigenvalue weighted by atomic mass is 19.4. The molecule has 3 atom stereocenters. The summed E-state index contributed by atoms with van der Waals surface area (Å²) in [5, 5.41) is 0. The maximum Gasteiger partial charge on any atom is 0.433 e. The highest BCUT2D eigenvalue weighted by molar-refractivity contribution is 5.98. The number of nitrogens with two attached hydrogens (primary N) is 1. The van der Waals surface area contributed by atoms with Gasteiger partial charge in [-0.1, -0.05) is 0 Å². The van der Waals surface area contributed by atoms with E-state index < -0.39 is 29.7 Å². The average molecular weight is 299 g/mol. The van der Waals surface area contributed by atoms with Crippen LogP contribution in [0.25, 0.3) is 0 Å². The molecule has 1 aromatic rings. The molecule has 2 aliphatic rings. The van der Waals surface area contributed by atoms with Crippen LogP contribution in [0.5, 0.6) is 0 Å². The zero-order valence-electron chi connectivity index (χ0n) is 10.8. The van der Waals surface area contributed by atoms with E-state index in [1.54, 1.807) is 0 Å². The van der Waals surface area contributed by atoms with E-state index in [0.29, 0.717) is 12.5 Å². The van der Waals surface area contributed by atoms with E-state index in [4.69, 9.17) is 5.73 Å². The van der Waals surface area contributed by atoms with Gasteiger partial charge in [-0.2, -0.15) is 13.2 Å². The molecule has 2 heterocycles. The number of fused-ring (bicyclic) bond motifs is 1. The fraction of sp³-hybridized carbons (Fsp3) is 0.462. The summed E-state index contributed by atoms with van der Waals surface area (Å²) in [6, 6.07) is 1.10. The molecule has 1 saturated carbocycles. The minimum Gasteiger partial charge on any atom is -0.368 e. The van der Waals surface area contributed by atoms with Crippen molar-refractivity contribution in [3.05, 3.63) is 29.6 Å². The van der Waals surface area contributed by atoms with Gasteiger partial charge in [0.15, 0.2) is 0 Å². The molecule has 1 aliphatic heterocycles. The maximum absolute atomic E-state index is 12.6. The molecule has 2 amide bonds. The van der Waals surface area contributed by atoms with Crippen LogP contribution < -0.4 is 5.73 Å². The predicted octanol–water partition coefficient (Wildman–Crippen LogP) is 1.19. The Bertz CT molecular complexity index is 617. The van der Waals surface area contributed by atoms with Crippen molar-refractivity contribution in [2.45, 2.75) is 31.1 Å². The molecule has 5 nitrogen and oxygen atoms in total. The Morgan fingerprint density at radius 1 is 1.33 bits per heavy atom. The molecule has 1 aliphatic carbocycles. The number of rotatable bonds is 2. The monoisotopic (exact) mass is 299 g/mol. The normalized spacial score (nSPS) is 27.4. The Hall–Kier alpha value is -2.12. The molecular formula is C13H12F3N3O2. The molecule has 1 saturated heterocycles. The lowest BCUT2D eigenvalue weighted by atomic mass is 10.1. The van der Waals surface area contributed by atoms with E-state index in [1.807, 2.05) is 0 Å². The minimum atomic E-state index is -4.62. The SMILES string of the molecule is NC(=O)C1CC2CC2N1C(=O)c1ccnc(C(F)(F)F)c1. The fourth-order valence-corrected chi connectivity index (χ4v) is 2.87. The number of hydrogen-bond acceptors (Lipinski definition) is 3. The van der Waals surface area contributed by atoms with Crippen LogP contribution in [-0.2, 0) is 11.0 Å². The number of carbonyl (C=O) groups is 2. The molecule has 3 rings (SSSR count). The van der Waals surface area contributed by atoms with Crippen LogP contribution in [0.4, 0.5) is 13.2 Å². The smallest absolute Gasteiger partial charge is 0.368 e. The van der Waals surface area contributed by atoms with E-state index in [0.717, 1.165) is 12.6 Å². The van der Waals surface area contributed by atoms with Gasteiger partial charge in [-0.25, -0.2) is 0 Å². The molecule has 2 fully saturated rings. The predicted molar refractivity (Wildman–Crippen MR) is 64.9 cm³/mol. The quantitative estimate of drug-likeness (QED) is 0.891. The zero-order valence-corrected chi connectivity index (χ0v) is 10.8. The number of hydrogen-bond donors (Lipinski definition) is 1. The first kappa shape index (κ1) is 13.8. The summed E-state index contributed by atoms with van der Waals surface area (Å²) >= 11 is 0. The van der Waals surface area contributed by atoms with Crippen molar-refractivity contribution in [1.29, 1.82) is 0 Å². The number of aromatic nitrogens is 1. The van der Waals surface area contributed by atoms with Crippen LogP contribution in [0.2, 0.25) is 0 Å². The van der Waals surface area contributed by atoms with Gasteiger partial charge in [0.2, 0.25) is 5.91 Å². The molecule has 1 aromatic heterocycles. The second-order valence-electron chi connectivity index (χ2n) is 5.36. The van der Waals surface area contributed by atoms with E-state index in [-0.39, 0.29) is 17.5 Å². The zero-order chi connectivity index (χ0) is 15.4. The highest BCUT2D eigenvalue weighted by Crippen LogP contribution is 2.48. The molecule has 8 heteroatoms. The van der Waals surface area contributed by atoms with Gasteiger partial charge in [-0.15, -0.1) is 0 Å². The number of carbonyl (C=O) groups excluding carboxylic acids is 2. The number of piperidine rings is 1. The number of pyridine rings is 1. The standard InChI is InChI=1S/C13H12F3N3O2/c14-13(15,16)10-5-6(1-2-18-10)12(21)19-8-3-7(8)4-9(19)11(17)20/h1-2,5,7-9H,3-4H2,(H2,17,20). The van der Waals surface area contributed by atoms with Crippen LogP contribution in [0, 0.1) is 5.92 Å². The summed E-state index contributed by atoms with van der Waals surface area (Å²) in [6.07, 6.45) is -2.42. The first-order valence-corrected chi connectivity index (χ1v) is 6.44. The van der Waals surface area contributed by atoms with E-state index in [2.05, 4.69) is 4.98 Å². The van der Waals surface area contributed by atoms with E-state index >= 15 is 0 Å². The summed E-state index contributed by atoms with van der Waals surface area (Å²) in [7, 11) is 0. The number of amides is 2. The Morgan fingerprint density at radius 3 is 2.67 bits per heavy atom. The summed E-state index contributed by atoms with van der Waals surface area (Å²) in [4.78, 5) is 28.3. The average Bonchev–Trinajstić information content (AvgIpc) is 3.08. The lowest BCUT2D eigenvalue weighted by molar-refractivity contribution is -0.141. The number of nitrogens with zero attached hydrogens (tertiary/aromatic N) is 2. The van der Waals surface area contributed by atoms with Crippen molar-refractivity contribution in [2.24, 2.45) is 11.7 Å². The highest BCUT2D eigenvalue weighted by Gasteiger charge is 2.55. The Labute approximate surface area is 117 Å². The summed E-state index contributed by atoms with van der Waals surface area (Å²) in [6.45, 7) is 0. The molecule has 0 spiro atoms. The third-order valence-corrected chi connectivity index (χ3v) is 3.96. The number of halogens is 3. The summed E-state index contributed by atoms with van der Waals surface area (Å²) < 4.78 is 37.9. The second kappa shape index (κ2) is 4.44.